The molecule has 7 N–H and O–H groups in total. The molecule has 11 nitrogen and oxygen atoms in total. The maximum Gasteiger partial charge on any atom is 0.204 e. The van der Waals surface area contributed by atoms with Crippen molar-refractivity contribution < 1.29 is 10.5 Å². The van der Waals surface area contributed by atoms with Crippen LogP contribution in [0.5, 0.6) is 0 Å². The lowest BCUT2D eigenvalue weighted by Gasteiger charge is -2.01. The lowest BCUT2D eigenvalue weighted by Crippen LogP contribution is -2.59. The van der Waals surface area contributed by atoms with Crippen LogP contribution in [0.4, 0.5) is 5.82 Å². The first-order valence-electron chi connectivity index (χ1n) is 3.24. The van der Waals surface area contributed by atoms with Gasteiger partial charge < -0.3 is 10.9 Å². The smallest absolute Gasteiger partial charge is 0.204 e. The van der Waals surface area contributed by atoms with Gasteiger partial charge in [-0.1, -0.05) is 0 Å². The minimum Gasteiger partial charge on any atom is -0.788 e. The van der Waals surface area contributed by atoms with E-state index in [1.807, 2.05) is 0 Å². The van der Waals surface area contributed by atoms with Crippen LogP contribution in [-0.2, 0) is 0 Å². The molecule has 0 spiro atoms. The van der Waals surface area contributed by atoms with Crippen LogP contribution in [0.15, 0.2) is 4.63 Å². The molecule has 14 heavy (non-hydrogen) atoms. The number of quaternary nitrogens is 1. The Morgan fingerprint density at radius 1 is 1.36 bits per heavy atom. The van der Waals surface area contributed by atoms with Gasteiger partial charge in [0.25, 0.3) is 0 Å². The van der Waals surface area contributed by atoms with Crippen LogP contribution in [0.2, 0.25) is 0 Å². The van der Waals surface area contributed by atoms with Gasteiger partial charge in [-0.05, 0) is 20.7 Å². The summed E-state index contributed by atoms with van der Waals surface area (Å²) in [6.45, 7) is 0. The second-order valence-electron chi connectivity index (χ2n) is 1.87. The Bertz CT molecular complexity index is 354. The molecule has 0 atom stereocenters. The van der Waals surface area contributed by atoms with Crippen LogP contribution in [0.3, 0.4) is 0 Å². The number of nitrogens with zero attached hydrogens (tertiary/aromatic N) is 6. The fraction of sp³-hybridized carbons (Fsp3) is 0. The van der Waals surface area contributed by atoms with E-state index in [4.69, 9.17) is 5.73 Å². The number of tetrazole rings is 1. The van der Waals surface area contributed by atoms with Crippen molar-refractivity contribution >= 4 is 5.82 Å². The lowest BCUT2D eigenvalue weighted by molar-refractivity contribution is -0.379. The van der Waals surface area contributed by atoms with Gasteiger partial charge in [0.15, 0.2) is 11.5 Å². The van der Waals surface area contributed by atoms with Gasteiger partial charge in [-0.15, -0.1) is 5.10 Å². The molecular weight excluding hydrogens is 194 g/mol. The summed E-state index contributed by atoms with van der Waals surface area (Å²) < 4.78 is 4.25. The molecule has 2 rings (SSSR count). The van der Waals surface area contributed by atoms with E-state index >= 15 is 0 Å². The molecule has 76 valence electrons. The Kier molecular flexibility index (Phi) is 2.88. The Labute approximate surface area is 76.4 Å². The average molecular weight is 201 g/mol. The van der Waals surface area contributed by atoms with Gasteiger partial charge >= 0.3 is 0 Å². The third kappa shape index (κ3) is 1.57. The number of hydrogen-bond donors (Lipinski definition) is 3. The zero-order chi connectivity index (χ0) is 10.6. The molecule has 0 unspecified atom stereocenters. The molecule has 0 aliphatic rings. The van der Waals surface area contributed by atoms with E-state index in [9.17, 15) is 5.21 Å². The highest BCUT2D eigenvalue weighted by atomic mass is 16.6. The van der Waals surface area contributed by atoms with Crippen LogP contribution in [0, 0.1) is 5.21 Å². The van der Waals surface area contributed by atoms with Crippen LogP contribution >= 0.6 is 0 Å². The topological polar surface area (TPSA) is 185 Å². The maximum absolute atomic E-state index is 10.8. The van der Waals surface area contributed by atoms with Crippen molar-refractivity contribution in [1.82, 2.24) is 30.7 Å². The highest BCUT2D eigenvalue weighted by molar-refractivity contribution is 5.61. The predicted molar refractivity (Wildman–Crippen MR) is 41.4 cm³/mol. The summed E-state index contributed by atoms with van der Waals surface area (Å²) in [4.78, 5) is 0.176. The maximum atomic E-state index is 10.8. The molecule has 0 aliphatic heterocycles. The molecule has 0 radical (unpaired) electrons. The quantitative estimate of drug-likeness (QED) is 0.314. The van der Waals surface area contributed by atoms with Crippen molar-refractivity contribution in [3.8, 4) is 11.5 Å². The highest BCUT2D eigenvalue weighted by Gasteiger charge is 2.13. The first-order valence-corrected chi connectivity index (χ1v) is 3.24. The fourth-order valence-corrected chi connectivity index (χ4v) is 0.668. The molecule has 0 saturated carbocycles. The van der Waals surface area contributed by atoms with Crippen molar-refractivity contribution in [1.29, 1.82) is 0 Å². The lowest BCUT2D eigenvalue weighted by atomic mass is 10.4. The van der Waals surface area contributed by atoms with Gasteiger partial charge in [-0.25, -0.2) is 4.63 Å². The van der Waals surface area contributed by atoms with Crippen molar-refractivity contribution in [2.75, 3.05) is 5.73 Å². The Morgan fingerprint density at radius 2 is 2.07 bits per heavy atom. The number of rotatable bonds is 1. The summed E-state index contributed by atoms with van der Waals surface area (Å²) in [5.74, 6) is 6.84. The number of nitrogen functional groups attached to an aromatic ring is 1. The van der Waals surface area contributed by atoms with E-state index in [0.29, 0.717) is 0 Å². The van der Waals surface area contributed by atoms with Crippen LogP contribution in [0.25, 0.3) is 11.5 Å². The molecule has 2 aromatic heterocycles. The van der Waals surface area contributed by atoms with Crippen molar-refractivity contribution in [2.24, 2.45) is 5.84 Å². The van der Waals surface area contributed by atoms with Crippen LogP contribution in [0.1, 0.15) is 0 Å². The largest absolute Gasteiger partial charge is 0.788 e. The summed E-state index contributed by atoms with van der Waals surface area (Å²) in [5.41, 5.74) is 5.32. The van der Waals surface area contributed by atoms with E-state index in [-0.39, 0.29) is 22.2 Å². The van der Waals surface area contributed by atoms with E-state index in [0.717, 1.165) is 0 Å². The van der Waals surface area contributed by atoms with Gasteiger partial charge in [0.05, 0.1) is 0 Å². The molecular formula is C3H7N9O2. The van der Waals surface area contributed by atoms with Gasteiger partial charge in [0.1, 0.15) is 0 Å². The standard InChI is InChI=1S/C3H2N7O2.H4N2/c4-2-1(6-12-7-2)3-5-8-9-10(3)11;1-2/h(H2,4,7);1-2H2/q-1;/p+1. The van der Waals surface area contributed by atoms with Gasteiger partial charge in [-0.2, -0.15) is 5.84 Å². The number of hydrogen-bond acceptors (Lipinski definition) is 9. The van der Waals surface area contributed by atoms with E-state index in [1.165, 1.54) is 0 Å². The minimum atomic E-state index is -0.131. The molecule has 0 amide bonds. The Balaban J connectivity index is 0.000000461. The Morgan fingerprint density at radius 3 is 2.50 bits per heavy atom. The molecule has 0 aliphatic carbocycles. The number of anilines is 1. The van der Waals surface area contributed by atoms with Gasteiger partial charge in [0.2, 0.25) is 5.82 Å². The summed E-state index contributed by atoms with van der Waals surface area (Å²) in [5, 5.41) is 26.9. The van der Waals surface area contributed by atoms with E-state index in [2.05, 4.69) is 42.2 Å². The van der Waals surface area contributed by atoms with Crippen LogP contribution in [-0.4, -0.2) is 30.7 Å². The zero-order valence-electron chi connectivity index (χ0n) is 6.86. The predicted octanol–water partition coefficient (Wildman–Crippen LogP) is -3.25. The summed E-state index contributed by atoms with van der Waals surface area (Å²) in [7, 11) is 0. The van der Waals surface area contributed by atoms with E-state index in [1.54, 1.807) is 0 Å². The molecule has 2 heterocycles. The van der Waals surface area contributed by atoms with Crippen molar-refractivity contribution in [3.05, 3.63) is 5.21 Å². The summed E-state index contributed by atoms with van der Waals surface area (Å²) >= 11 is 0. The third-order valence-electron chi connectivity index (χ3n) is 1.17. The molecule has 0 fully saturated rings. The minimum absolute atomic E-state index is 0.0260. The summed E-state index contributed by atoms with van der Waals surface area (Å²) in [6, 6.07) is 0. The normalized spacial score (nSPS) is 9.29. The first-order chi connectivity index (χ1) is 6.79. The number of aromatic nitrogens is 6. The van der Waals surface area contributed by atoms with Crippen molar-refractivity contribution in [3.63, 3.8) is 0 Å². The SMILES string of the molecule is N[NH3+].Nc1nonc1-c1nnnn1[O-]. The van der Waals surface area contributed by atoms with Gasteiger partial charge in [0, 0.05) is 0 Å². The van der Waals surface area contributed by atoms with Crippen LogP contribution < -0.4 is 17.4 Å². The Hall–Kier alpha value is -2.27. The zero-order valence-corrected chi connectivity index (χ0v) is 6.86. The molecule has 11 heteroatoms. The average Bonchev–Trinajstić information content (AvgIpc) is 2.78. The second-order valence-corrected chi connectivity index (χ2v) is 1.87. The third-order valence-corrected chi connectivity index (χ3v) is 1.17. The van der Waals surface area contributed by atoms with Gasteiger partial charge in [-0.3, -0.25) is 10.7 Å². The molecule has 2 aromatic rings. The molecule has 0 saturated heterocycles. The highest BCUT2D eigenvalue weighted by Crippen LogP contribution is 2.16. The number of nitrogens with two attached hydrogens (primary N) is 2. The second kappa shape index (κ2) is 4.11. The summed E-state index contributed by atoms with van der Waals surface area (Å²) in [6.07, 6.45) is 0. The first kappa shape index (κ1) is 9.82. The monoisotopic (exact) mass is 201 g/mol. The molecule has 0 bridgehead atoms. The van der Waals surface area contributed by atoms with E-state index < -0.39 is 0 Å². The van der Waals surface area contributed by atoms with Crippen molar-refractivity contribution in [2.45, 2.75) is 0 Å². The fourth-order valence-electron chi connectivity index (χ4n) is 0.668. The molecule has 0 aromatic carbocycles.